The molecule has 0 saturated carbocycles. The molecule has 2 aromatic rings. The van der Waals surface area contributed by atoms with Crippen molar-refractivity contribution in [1.82, 2.24) is 4.98 Å². The van der Waals surface area contributed by atoms with Gasteiger partial charge in [-0.25, -0.2) is 9.78 Å². The van der Waals surface area contributed by atoms with Gasteiger partial charge in [-0.1, -0.05) is 0 Å². The Bertz CT molecular complexity index is 639. The van der Waals surface area contributed by atoms with Crippen LogP contribution in [0, 0.1) is 0 Å². The van der Waals surface area contributed by atoms with Crippen LogP contribution in [-0.2, 0) is 11.4 Å². The fourth-order valence-corrected chi connectivity index (χ4v) is 2.21. The topological polar surface area (TPSA) is 88.5 Å². The molecule has 0 unspecified atom stereocenters. The molecule has 0 fully saturated rings. The van der Waals surface area contributed by atoms with Crippen LogP contribution < -0.4 is 10.1 Å². The number of nitrogens with zero attached hydrogens (tertiary/aromatic N) is 1. The first-order chi connectivity index (χ1) is 9.56. The molecular weight excluding hydrogens is 280 g/mol. The Kier molecular flexibility index (Phi) is 4.31. The summed E-state index contributed by atoms with van der Waals surface area (Å²) < 4.78 is 5.47. The van der Waals surface area contributed by atoms with Crippen LogP contribution in [0.2, 0.25) is 0 Å². The van der Waals surface area contributed by atoms with E-state index in [1.165, 1.54) is 6.92 Å². The molecule has 0 aliphatic carbocycles. The van der Waals surface area contributed by atoms with Crippen molar-refractivity contribution in [2.45, 2.75) is 13.5 Å². The largest absolute Gasteiger partial charge is 0.487 e. The van der Waals surface area contributed by atoms with Gasteiger partial charge in [0.1, 0.15) is 18.2 Å². The number of anilines is 1. The van der Waals surface area contributed by atoms with Crippen LogP contribution in [0.15, 0.2) is 29.8 Å². The molecule has 2 aromatic heterocycles. The summed E-state index contributed by atoms with van der Waals surface area (Å²) in [7, 11) is 0. The molecule has 20 heavy (non-hydrogen) atoms. The van der Waals surface area contributed by atoms with Crippen LogP contribution in [0.4, 0.5) is 5.82 Å². The van der Waals surface area contributed by atoms with Gasteiger partial charge >= 0.3 is 5.97 Å². The summed E-state index contributed by atoms with van der Waals surface area (Å²) in [6, 6.07) is 5.02. The number of amides is 1. The zero-order valence-electron chi connectivity index (χ0n) is 10.6. The van der Waals surface area contributed by atoms with Gasteiger partial charge in [0.2, 0.25) is 5.91 Å². The van der Waals surface area contributed by atoms with Crippen molar-refractivity contribution in [3.8, 4) is 5.75 Å². The highest BCUT2D eigenvalue weighted by Gasteiger charge is 2.12. The van der Waals surface area contributed by atoms with E-state index in [-0.39, 0.29) is 17.4 Å². The third-order valence-corrected chi connectivity index (χ3v) is 3.23. The third-order valence-electron chi connectivity index (χ3n) is 2.35. The maximum atomic E-state index is 10.9. The number of rotatable bonds is 5. The average molecular weight is 292 g/mol. The molecule has 0 aliphatic rings. The Morgan fingerprint density at radius 3 is 2.95 bits per heavy atom. The lowest BCUT2D eigenvalue weighted by Crippen LogP contribution is -2.08. The lowest BCUT2D eigenvalue weighted by atomic mass is 10.3. The molecule has 2 N–H and O–H groups in total. The molecule has 2 rings (SSSR count). The molecule has 0 radical (unpaired) electrons. The van der Waals surface area contributed by atoms with Crippen LogP contribution >= 0.6 is 11.3 Å². The number of hydrogen-bond acceptors (Lipinski definition) is 5. The second-order valence-electron chi connectivity index (χ2n) is 3.94. The van der Waals surface area contributed by atoms with Crippen molar-refractivity contribution < 1.29 is 19.4 Å². The first kappa shape index (κ1) is 14.0. The number of carbonyl (C=O) groups is 2. The molecule has 0 aliphatic heterocycles. The van der Waals surface area contributed by atoms with Gasteiger partial charge in [0.25, 0.3) is 0 Å². The van der Waals surface area contributed by atoms with E-state index < -0.39 is 5.97 Å². The number of aromatic nitrogens is 1. The molecule has 0 atom stereocenters. The molecule has 2 heterocycles. The monoisotopic (exact) mass is 292 g/mol. The van der Waals surface area contributed by atoms with Crippen LogP contribution in [0.5, 0.6) is 5.75 Å². The maximum absolute atomic E-state index is 10.9. The van der Waals surface area contributed by atoms with Gasteiger partial charge in [-0.05, 0) is 29.1 Å². The molecule has 0 saturated heterocycles. The summed E-state index contributed by atoms with van der Waals surface area (Å²) in [6.45, 7) is 1.60. The summed E-state index contributed by atoms with van der Waals surface area (Å²) >= 11 is 1.11. The minimum absolute atomic E-state index is 0.168. The predicted molar refractivity (Wildman–Crippen MR) is 74.2 cm³/mol. The number of hydrogen-bond donors (Lipinski definition) is 2. The van der Waals surface area contributed by atoms with Crippen molar-refractivity contribution in [1.29, 1.82) is 0 Å². The Hall–Kier alpha value is -2.41. The molecular formula is C13H12N2O4S. The summed E-state index contributed by atoms with van der Waals surface area (Å²) in [4.78, 5) is 26.0. The number of carbonyl (C=O) groups excluding carboxylic acids is 1. The van der Waals surface area contributed by atoms with Crippen molar-refractivity contribution in [2.24, 2.45) is 0 Å². The number of carboxylic acids is 1. The lowest BCUT2D eigenvalue weighted by molar-refractivity contribution is -0.114. The summed E-state index contributed by atoms with van der Waals surface area (Å²) in [5.74, 6) is -0.451. The summed E-state index contributed by atoms with van der Waals surface area (Å²) in [5.41, 5.74) is 0.784. The Balaban J connectivity index is 2.05. The Morgan fingerprint density at radius 2 is 2.25 bits per heavy atom. The zero-order chi connectivity index (χ0) is 14.5. The lowest BCUT2D eigenvalue weighted by Gasteiger charge is -2.07. The molecule has 1 amide bonds. The highest BCUT2D eigenvalue weighted by Crippen LogP contribution is 2.25. The van der Waals surface area contributed by atoms with E-state index in [1.807, 2.05) is 0 Å². The Labute approximate surface area is 119 Å². The zero-order valence-corrected chi connectivity index (χ0v) is 11.4. The first-order valence-electron chi connectivity index (χ1n) is 5.72. The molecule has 0 aromatic carbocycles. The van der Waals surface area contributed by atoms with Crippen LogP contribution in [-0.4, -0.2) is 22.0 Å². The molecule has 6 nitrogen and oxygen atoms in total. The highest BCUT2D eigenvalue weighted by molar-refractivity contribution is 7.12. The van der Waals surface area contributed by atoms with E-state index >= 15 is 0 Å². The molecule has 7 heteroatoms. The van der Waals surface area contributed by atoms with E-state index in [4.69, 9.17) is 9.84 Å². The SMILES string of the molecule is CC(=O)Nc1cc(COc2ccsc2C(=O)O)ccn1. The Morgan fingerprint density at radius 1 is 1.45 bits per heavy atom. The van der Waals surface area contributed by atoms with E-state index in [1.54, 1.807) is 29.8 Å². The van der Waals surface area contributed by atoms with Crippen LogP contribution in [0.25, 0.3) is 0 Å². The fraction of sp³-hybridized carbons (Fsp3) is 0.154. The van der Waals surface area contributed by atoms with Gasteiger partial charge in [0, 0.05) is 13.1 Å². The molecule has 104 valence electrons. The van der Waals surface area contributed by atoms with Crippen molar-refractivity contribution in [2.75, 3.05) is 5.32 Å². The van der Waals surface area contributed by atoms with Gasteiger partial charge in [-0.3, -0.25) is 4.79 Å². The van der Waals surface area contributed by atoms with Crippen molar-refractivity contribution in [3.05, 3.63) is 40.2 Å². The van der Waals surface area contributed by atoms with Gasteiger partial charge in [-0.2, -0.15) is 0 Å². The number of thiophene rings is 1. The number of carboxylic acid groups (broad SMARTS) is 1. The second-order valence-corrected chi connectivity index (χ2v) is 4.85. The van der Waals surface area contributed by atoms with Gasteiger partial charge in [0.15, 0.2) is 4.88 Å². The fourth-order valence-electron chi connectivity index (χ4n) is 1.54. The van der Waals surface area contributed by atoms with Crippen molar-refractivity contribution in [3.63, 3.8) is 0 Å². The second kappa shape index (κ2) is 6.16. The standard InChI is InChI=1S/C13H12N2O4S/c1-8(16)15-11-6-9(2-4-14-11)7-19-10-3-5-20-12(10)13(17)18/h2-6H,7H2,1H3,(H,17,18)(H,14,15,16). The maximum Gasteiger partial charge on any atom is 0.349 e. The van der Waals surface area contributed by atoms with E-state index in [9.17, 15) is 9.59 Å². The van der Waals surface area contributed by atoms with Crippen LogP contribution in [0.3, 0.4) is 0 Å². The predicted octanol–water partition coefficient (Wildman–Crippen LogP) is 2.38. The van der Waals surface area contributed by atoms with Gasteiger partial charge in [-0.15, -0.1) is 11.3 Å². The molecule has 0 bridgehead atoms. The normalized spacial score (nSPS) is 10.1. The number of ether oxygens (including phenoxy) is 1. The number of aromatic carboxylic acids is 1. The smallest absolute Gasteiger partial charge is 0.349 e. The quantitative estimate of drug-likeness (QED) is 0.883. The minimum Gasteiger partial charge on any atom is -0.487 e. The average Bonchev–Trinajstić information content (AvgIpc) is 2.84. The summed E-state index contributed by atoms with van der Waals surface area (Å²) in [6.07, 6.45) is 1.55. The van der Waals surface area contributed by atoms with Crippen molar-refractivity contribution >= 4 is 29.0 Å². The van der Waals surface area contributed by atoms with E-state index in [0.717, 1.165) is 16.9 Å². The van der Waals surface area contributed by atoms with Gasteiger partial charge < -0.3 is 15.2 Å². The van der Waals surface area contributed by atoms with Crippen LogP contribution in [0.1, 0.15) is 22.2 Å². The number of nitrogens with one attached hydrogen (secondary N) is 1. The third kappa shape index (κ3) is 3.55. The number of pyridine rings is 1. The van der Waals surface area contributed by atoms with Gasteiger partial charge in [0.05, 0.1) is 0 Å². The first-order valence-corrected chi connectivity index (χ1v) is 6.60. The molecule has 0 spiro atoms. The minimum atomic E-state index is -1.01. The summed E-state index contributed by atoms with van der Waals surface area (Å²) in [5, 5.41) is 13.2. The highest BCUT2D eigenvalue weighted by atomic mass is 32.1. The van der Waals surface area contributed by atoms with E-state index in [2.05, 4.69) is 10.3 Å². The van der Waals surface area contributed by atoms with E-state index in [0.29, 0.717) is 11.6 Å².